The molecule has 0 aromatic heterocycles. The monoisotopic (exact) mass is 360 g/mol. The molecule has 0 spiro atoms. The minimum absolute atomic E-state index is 0.167. The average Bonchev–Trinajstić information content (AvgIpc) is 2.54. The fourth-order valence-corrected chi connectivity index (χ4v) is 4.17. The van der Waals surface area contributed by atoms with E-state index in [0.717, 1.165) is 18.4 Å². The summed E-state index contributed by atoms with van der Waals surface area (Å²) in [5, 5.41) is 0.562. The lowest BCUT2D eigenvalue weighted by Crippen LogP contribution is -2.52. The van der Waals surface area contributed by atoms with Crippen LogP contribution in [0.3, 0.4) is 0 Å². The molecule has 0 atom stereocenters. The number of benzene rings is 1. The molecule has 1 heterocycles. The van der Waals surface area contributed by atoms with Crippen LogP contribution in [0.5, 0.6) is 0 Å². The first kappa shape index (κ1) is 18.3. The summed E-state index contributed by atoms with van der Waals surface area (Å²) in [5.74, 6) is 0.723. The van der Waals surface area contributed by atoms with Crippen molar-refractivity contribution in [3.05, 3.63) is 29.8 Å². The Morgan fingerprint density at radius 2 is 1.64 bits per heavy atom. The van der Waals surface area contributed by atoms with E-state index in [0.29, 0.717) is 43.8 Å². The Morgan fingerprint density at radius 3 is 2.16 bits per heavy atom. The van der Waals surface area contributed by atoms with Gasteiger partial charge in [-0.1, -0.05) is 32.4 Å². The van der Waals surface area contributed by atoms with E-state index >= 15 is 0 Å². The van der Waals surface area contributed by atoms with Crippen molar-refractivity contribution < 1.29 is 9.59 Å². The van der Waals surface area contributed by atoms with Crippen molar-refractivity contribution >= 4 is 23.6 Å². The van der Waals surface area contributed by atoms with Crippen LogP contribution in [0, 0.1) is 5.92 Å². The summed E-state index contributed by atoms with van der Waals surface area (Å²) in [6.07, 6.45) is 3.72. The molecule has 2 fully saturated rings. The lowest BCUT2D eigenvalue weighted by molar-refractivity contribution is -0.143. The number of amides is 2. The summed E-state index contributed by atoms with van der Waals surface area (Å²) in [5.41, 5.74) is 1.06. The van der Waals surface area contributed by atoms with Gasteiger partial charge in [0, 0.05) is 42.2 Å². The molecule has 2 amide bonds. The molecule has 1 aliphatic heterocycles. The maximum Gasteiger partial charge on any atom is 0.227 e. The predicted octanol–water partition coefficient (Wildman–Crippen LogP) is 3.20. The lowest BCUT2D eigenvalue weighted by Gasteiger charge is -2.38. The predicted molar refractivity (Wildman–Crippen MR) is 102 cm³/mol. The molecule has 136 valence electrons. The summed E-state index contributed by atoms with van der Waals surface area (Å²) in [6, 6.07) is 8.31. The molecule has 1 aromatic carbocycles. The van der Waals surface area contributed by atoms with Crippen LogP contribution in [0.15, 0.2) is 29.2 Å². The zero-order valence-corrected chi connectivity index (χ0v) is 16.1. The van der Waals surface area contributed by atoms with Crippen LogP contribution in [-0.2, 0) is 16.0 Å². The summed E-state index contributed by atoms with van der Waals surface area (Å²) in [6.45, 7) is 7.06. The molecule has 2 aliphatic rings. The van der Waals surface area contributed by atoms with Gasteiger partial charge in [-0.15, -0.1) is 11.8 Å². The second-order valence-electron chi connectivity index (χ2n) is 7.32. The van der Waals surface area contributed by atoms with Crippen LogP contribution in [0.2, 0.25) is 0 Å². The second-order valence-corrected chi connectivity index (χ2v) is 8.97. The van der Waals surface area contributed by atoms with E-state index in [9.17, 15) is 9.59 Å². The van der Waals surface area contributed by atoms with E-state index in [1.54, 1.807) is 0 Å². The highest BCUT2D eigenvalue weighted by Gasteiger charge is 2.31. The van der Waals surface area contributed by atoms with Gasteiger partial charge < -0.3 is 9.80 Å². The molecule has 0 unspecified atom stereocenters. The van der Waals surface area contributed by atoms with Crippen molar-refractivity contribution in [2.45, 2.75) is 49.7 Å². The molecule has 3 rings (SSSR count). The largest absolute Gasteiger partial charge is 0.339 e. The molecule has 0 radical (unpaired) electrons. The van der Waals surface area contributed by atoms with Crippen molar-refractivity contribution in [2.24, 2.45) is 5.92 Å². The molecular formula is C20H28N2O2S. The molecule has 0 N–H and O–H groups in total. The number of hydrogen-bond acceptors (Lipinski definition) is 3. The van der Waals surface area contributed by atoms with Crippen LogP contribution < -0.4 is 0 Å². The molecule has 1 aromatic rings. The number of hydrogen-bond donors (Lipinski definition) is 0. The van der Waals surface area contributed by atoms with E-state index in [1.807, 2.05) is 21.6 Å². The van der Waals surface area contributed by atoms with Gasteiger partial charge in [-0.2, -0.15) is 0 Å². The van der Waals surface area contributed by atoms with Gasteiger partial charge >= 0.3 is 0 Å². The lowest BCUT2D eigenvalue weighted by atomic mass is 9.84. The molecule has 0 bridgehead atoms. The van der Waals surface area contributed by atoms with Crippen LogP contribution in [0.1, 0.15) is 38.7 Å². The highest BCUT2D eigenvalue weighted by atomic mass is 32.2. The van der Waals surface area contributed by atoms with Crippen molar-refractivity contribution in [2.75, 3.05) is 26.2 Å². The topological polar surface area (TPSA) is 40.6 Å². The fourth-order valence-electron chi connectivity index (χ4n) is 3.33. The van der Waals surface area contributed by atoms with E-state index in [1.165, 1.54) is 11.3 Å². The number of carbonyl (C=O) groups is 2. The van der Waals surface area contributed by atoms with Gasteiger partial charge in [-0.3, -0.25) is 9.59 Å². The second kappa shape index (κ2) is 8.26. The van der Waals surface area contributed by atoms with Gasteiger partial charge in [-0.25, -0.2) is 0 Å². The first-order chi connectivity index (χ1) is 12.0. The highest BCUT2D eigenvalue weighted by molar-refractivity contribution is 7.99. The highest BCUT2D eigenvalue weighted by Crippen LogP contribution is 2.28. The minimum Gasteiger partial charge on any atom is -0.339 e. The normalized spacial score (nSPS) is 18.4. The molecule has 4 nitrogen and oxygen atoms in total. The molecule has 5 heteroatoms. The Labute approximate surface area is 154 Å². The summed E-state index contributed by atoms with van der Waals surface area (Å²) in [7, 11) is 0. The summed E-state index contributed by atoms with van der Waals surface area (Å²) < 4.78 is 0. The average molecular weight is 361 g/mol. The molecule has 25 heavy (non-hydrogen) atoms. The van der Waals surface area contributed by atoms with Gasteiger partial charge in [0.25, 0.3) is 0 Å². The van der Waals surface area contributed by atoms with Gasteiger partial charge in [0.15, 0.2) is 0 Å². The van der Waals surface area contributed by atoms with Crippen LogP contribution in [0.4, 0.5) is 0 Å². The van der Waals surface area contributed by atoms with E-state index < -0.39 is 0 Å². The Morgan fingerprint density at radius 1 is 1.04 bits per heavy atom. The Kier molecular flexibility index (Phi) is 6.05. The zero-order valence-electron chi connectivity index (χ0n) is 15.2. The van der Waals surface area contributed by atoms with E-state index in [4.69, 9.17) is 0 Å². The number of rotatable bonds is 5. The Bertz CT molecular complexity index is 603. The van der Waals surface area contributed by atoms with Crippen molar-refractivity contribution in [1.29, 1.82) is 0 Å². The van der Waals surface area contributed by atoms with Crippen molar-refractivity contribution in [1.82, 2.24) is 9.80 Å². The van der Waals surface area contributed by atoms with Gasteiger partial charge in [0.1, 0.15) is 0 Å². The zero-order chi connectivity index (χ0) is 17.8. The first-order valence-corrected chi connectivity index (χ1v) is 10.2. The third kappa shape index (κ3) is 4.78. The third-order valence-electron chi connectivity index (χ3n) is 5.05. The molecule has 1 aliphatic carbocycles. The quantitative estimate of drug-likeness (QED) is 0.757. The molecular weight excluding hydrogens is 332 g/mol. The summed E-state index contributed by atoms with van der Waals surface area (Å²) >= 11 is 1.83. The molecule has 1 saturated heterocycles. The molecule has 1 saturated carbocycles. The number of piperazine rings is 1. The summed E-state index contributed by atoms with van der Waals surface area (Å²) in [4.78, 5) is 29.9. The Balaban J connectivity index is 1.46. The van der Waals surface area contributed by atoms with Crippen LogP contribution in [-0.4, -0.2) is 53.0 Å². The number of carbonyl (C=O) groups excluding carboxylic acids is 2. The number of nitrogens with zero attached hydrogens (tertiary/aromatic N) is 2. The van der Waals surface area contributed by atoms with Crippen molar-refractivity contribution in [3.8, 4) is 0 Å². The smallest absolute Gasteiger partial charge is 0.227 e. The van der Waals surface area contributed by atoms with Gasteiger partial charge in [0.05, 0.1) is 6.42 Å². The Hall–Kier alpha value is -1.49. The SMILES string of the molecule is CC(C)Sc1ccc(CC(=O)N2CCN(C(=O)C3CCC3)CC2)cc1. The maximum absolute atomic E-state index is 12.5. The third-order valence-corrected chi connectivity index (χ3v) is 6.06. The van der Waals surface area contributed by atoms with E-state index in [2.05, 4.69) is 38.1 Å². The van der Waals surface area contributed by atoms with Crippen LogP contribution in [0.25, 0.3) is 0 Å². The van der Waals surface area contributed by atoms with Crippen LogP contribution >= 0.6 is 11.8 Å². The van der Waals surface area contributed by atoms with E-state index in [-0.39, 0.29) is 11.8 Å². The minimum atomic E-state index is 0.167. The fraction of sp³-hybridized carbons (Fsp3) is 0.600. The maximum atomic E-state index is 12.5. The van der Waals surface area contributed by atoms with Gasteiger partial charge in [-0.05, 0) is 30.5 Å². The number of thioether (sulfide) groups is 1. The van der Waals surface area contributed by atoms with Crippen molar-refractivity contribution in [3.63, 3.8) is 0 Å². The van der Waals surface area contributed by atoms with Gasteiger partial charge in [0.2, 0.25) is 11.8 Å². The first-order valence-electron chi connectivity index (χ1n) is 9.35. The standard InChI is InChI=1S/C20H28N2O2S/c1-15(2)25-18-8-6-16(7-9-18)14-19(23)21-10-12-22(13-11-21)20(24)17-4-3-5-17/h6-9,15,17H,3-5,10-14H2,1-2H3.